The first kappa shape index (κ1) is 15.9. The molecular formula is C10H11FIN5O4. The largest absolute Gasteiger partial charge is 0.386 e. The number of H-pyrrole nitrogens is 1. The van der Waals surface area contributed by atoms with Crippen molar-refractivity contribution in [1.82, 2.24) is 9.55 Å². The number of nitrogens with zero attached hydrogens (tertiary/aromatic N) is 4. The fourth-order valence-corrected chi connectivity index (χ4v) is 2.79. The fraction of sp³-hybridized carbons (Fsp3) is 0.600. The summed E-state index contributed by atoms with van der Waals surface area (Å²) in [6, 6.07) is 1.04. The molecule has 1 aromatic heterocycles. The van der Waals surface area contributed by atoms with E-state index >= 15 is 0 Å². The van der Waals surface area contributed by atoms with Crippen LogP contribution in [-0.4, -0.2) is 36.6 Å². The van der Waals surface area contributed by atoms with Gasteiger partial charge in [0.05, 0.1) is 4.43 Å². The Balaban J connectivity index is 2.63. The monoisotopic (exact) mass is 411 g/mol. The van der Waals surface area contributed by atoms with E-state index in [0.717, 1.165) is 16.8 Å². The van der Waals surface area contributed by atoms with Crippen LogP contribution in [0.3, 0.4) is 0 Å². The summed E-state index contributed by atoms with van der Waals surface area (Å²) in [6.45, 7) is 1.27. The quantitative estimate of drug-likeness (QED) is 0.248. The van der Waals surface area contributed by atoms with E-state index in [9.17, 15) is 19.1 Å². The Morgan fingerprint density at radius 2 is 2.38 bits per heavy atom. The minimum absolute atomic E-state index is 0.239. The van der Waals surface area contributed by atoms with Crippen molar-refractivity contribution in [3.8, 4) is 0 Å². The molecule has 0 radical (unpaired) electrons. The third kappa shape index (κ3) is 2.46. The molecule has 1 saturated heterocycles. The van der Waals surface area contributed by atoms with E-state index < -0.39 is 35.0 Å². The minimum atomic E-state index is -2.48. The number of rotatable bonds is 3. The molecule has 0 spiro atoms. The average Bonchev–Trinajstić information content (AvgIpc) is 2.62. The van der Waals surface area contributed by atoms with Crippen LogP contribution in [0.15, 0.2) is 27.0 Å². The van der Waals surface area contributed by atoms with Gasteiger partial charge in [0.2, 0.25) is 5.85 Å². The highest BCUT2D eigenvalue weighted by Gasteiger charge is 2.62. The number of alkyl halides is 2. The number of hydrogen-bond acceptors (Lipinski definition) is 5. The molecule has 0 saturated carbocycles. The number of aromatic amines is 1. The smallest absolute Gasteiger partial charge is 0.330 e. The van der Waals surface area contributed by atoms with Gasteiger partial charge in [0.25, 0.3) is 5.56 Å². The van der Waals surface area contributed by atoms with Crippen LogP contribution >= 0.6 is 22.6 Å². The molecule has 1 aliphatic rings. The SMILES string of the molecule is C[C@]1(N=[N+]=[N-])[C@H](n2ccc(=O)[nH]c2=O)O[C@](F)(CI)[C@H]1O. The summed E-state index contributed by atoms with van der Waals surface area (Å²) in [4.78, 5) is 27.5. The van der Waals surface area contributed by atoms with E-state index in [0.29, 0.717) is 0 Å². The molecule has 2 heterocycles. The van der Waals surface area contributed by atoms with Crippen LogP contribution in [0.4, 0.5) is 4.39 Å². The topological polar surface area (TPSA) is 133 Å². The molecule has 0 amide bonds. The standard InChI is InChI=1S/C10H11FIN5O4/c1-9(15-16-13)6(19)10(11,4-12)21-7(9)17-3-2-5(18)14-8(17)20/h2-3,6-7,19H,4H2,1H3,(H,14,18,20)/t6-,7+,9+,10+/m0/s1. The lowest BCUT2D eigenvalue weighted by Crippen LogP contribution is -2.47. The number of hydrogen-bond donors (Lipinski definition) is 2. The molecule has 11 heteroatoms. The van der Waals surface area contributed by atoms with Crippen LogP contribution in [-0.2, 0) is 4.74 Å². The second-order valence-electron chi connectivity index (χ2n) is 4.73. The Morgan fingerprint density at radius 3 is 2.90 bits per heavy atom. The van der Waals surface area contributed by atoms with Crippen LogP contribution in [0, 0.1) is 0 Å². The van der Waals surface area contributed by atoms with E-state index in [-0.39, 0.29) is 4.43 Å². The lowest BCUT2D eigenvalue weighted by atomic mass is 9.92. The fourth-order valence-electron chi connectivity index (χ4n) is 2.20. The summed E-state index contributed by atoms with van der Waals surface area (Å²) >= 11 is 1.67. The molecule has 0 unspecified atom stereocenters. The van der Waals surface area contributed by atoms with Crippen LogP contribution in [0.2, 0.25) is 0 Å². The summed E-state index contributed by atoms with van der Waals surface area (Å²) in [5.74, 6) is -2.48. The van der Waals surface area contributed by atoms with Gasteiger partial charge in [0.15, 0.2) is 6.23 Å². The molecule has 9 nitrogen and oxygen atoms in total. The molecule has 0 bridgehead atoms. The van der Waals surface area contributed by atoms with Crippen LogP contribution in [0.1, 0.15) is 13.2 Å². The Bertz CT molecular complexity index is 716. The number of halogens is 2. The first-order valence-corrected chi connectivity index (χ1v) is 7.29. The summed E-state index contributed by atoms with van der Waals surface area (Å²) in [6.07, 6.45) is -2.09. The summed E-state index contributed by atoms with van der Waals surface area (Å²) in [5.41, 5.74) is 5.40. The van der Waals surface area contributed by atoms with Crippen molar-refractivity contribution in [3.63, 3.8) is 0 Å². The molecule has 0 aliphatic carbocycles. The maximum absolute atomic E-state index is 14.6. The Morgan fingerprint density at radius 1 is 1.71 bits per heavy atom. The molecule has 1 aliphatic heterocycles. The zero-order valence-electron chi connectivity index (χ0n) is 10.7. The number of aromatic nitrogens is 2. The first-order chi connectivity index (χ1) is 9.78. The molecule has 0 aromatic carbocycles. The van der Waals surface area contributed by atoms with Gasteiger partial charge >= 0.3 is 5.69 Å². The van der Waals surface area contributed by atoms with E-state index in [2.05, 4.69) is 10.0 Å². The van der Waals surface area contributed by atoms with Crippen molar-refractivity contribution in [2.45, 2.75) is 30.6 Å². The van der Waals surface area contributed by atoms with Gasteiger partial charge in [-0.2, -0.15) is 0 Å². The van der Waals surface area contributed by atoms with E-state index in [1.54, 1.807) is 22.6 Å². The van der Waals surface area contributed by atoms with E-state index in [4.69, 9.17) is 10.3 Å². The first-order valence-electron chi connectivity index (χ1n) is 5.77. The third-order valence-corrected chi connectivity index (χ3v) is 4.36. The van der Waals surface area contributed by atoms with Crippen molar-refractivity contribution in [1.29, 1.82) is 0 Å². The van der Waals surface area contributed by atoms with E-state index in [1.165, 1.54) is 6.92 Å². The van der Waals surface area contributed by atoms with Gasteiger partial charge in [0, 0.05) is 17.2 Å². The predicted octanol–water partition coefficient (Wildman–Crippen LogP) is 0.596. The number of azide groups is 1. The lowest BCUT2D eigenvalue weighted by Gasteiger charge is -2.27. The number of nitrogens with one attached hydrogen (secondary N) is 1. The molecule has 4 atom stereocenters. The highest BCUT2D eigenvalue weighted by Crippen LogP contribution is 2.47. The second kappa shape index (κ2) is 5.40. The number of ether oxygens (including phenoxy) is 1. The van der Waals surface area contributed by atoms with Gasteiger partial charge in [-0.3, -0.25) is 14.3 Å². The molecule has 1 aromatic rings. The van der Waals surface area contributed by atoms with Crippen LogP contribution in [0.5, 0.6) is 0 Å². The molecule has 2 N–H and O–H groups in total. The van der Waals surface area contributed by atoms with Gasteiger partial charge in [-0.25, -0.2) is 9.18 Å². The van der Waals surface area contributed by atoms with Crippen molar-refractivity contribution in [2.24, 2.45) is 5.11 Å². The Kier molecular flexibility index (Phi) is 4.10. The van der Waals surface area contributed by atoms with Gasteiger partial charge in [0.1, 0.15) is 11.6 Å². The highest BCUT2D eigenvalue weighted by molar-refractivity contribution is 14.1. The maximum atomic E-state index is 14.6. The van der Waals surface area contributed by atoms with Gasteiger partial charge < -0.3 is 9.84 Å². The van der Waals surface area contributed by atoms with Crippen molar-refractivity contribution >= 4 is 22.6 Å². The summed E-state index contributed by atoms with van der Waals surface area (Å²) < 4.78 is 20.3. The molecular weight excluding hydrogens is 400 g/mol. The van der Waals surface area contributed by atoms with Gasteiger partial charge in [-0.1, -0.05) is 27.7 Å². The number of aliphatic hydroxyl groups is 1. The second-order valence-corrected chi connectivity index (χ2v) is 5.49. The normalized spacial score (nSPS) is 35.4. The summed E-state index contributed by atoms with van der Waals surface area (Å²) in [5, 5.41) is 13.5. The Hall–Kier alpha value is -1.43. The van der Waals surface area contributed by atoms with Crippen molar-refractivity contribution in [2.75, 3.05) is 4.43 Å². The lowest BCUT2D eigenvalue weighted by molar-refractivity contribution is -0.169. The molecule has 1 fully saturated rings. The average molecular weight is 411 g/mol. The van der Waals surface area contributed by atoms with Gasteiger partial charge in [-0.05, 0) is 12.5 Å². The van der Waals surface area contributed by atoms with Crippen LogP contribution in [0.25, 0.3) is 10.4 Å². The van der Waals surface area contributed by atoms with Crippen molar-refractivity contribution in [3.05, 3.63) is 43.5 Å². The maximum Gasteiger partial charge on any atom is 0.330 e. The van der Waals surface area contributed by atoms with E-state index in [1.807, 2.05) is 4.98 Å². The molecule has 21 heavy (non-hydrogen) atoms. The Labute approximate surface area is 130 Å². The molecule has 2 rings (SSSR count). The minimum Gasteiger partial charge on any atom is -0.386 e. The van der Waals surface area contributed by atoms with Gasteiger partial charge in [-0.15, -0.1) is 0 Å². The third-order valence-electron chi connectivity index (χ3n) is 3.32. The zero-order chi connectivity index (χ0) is 15.8. The predicted molar refractivity (Wildman–Crippen MR) is 77.7 cm³/mol. The highest BCUT2D eigenvalue weighted by atomic mass is 127. The summed E-state index contributed by atoms with van der Waals surface area (Å²) in [7, 11) is 0. The van der Waals surface area contributed by atoms with Crippen LogP contribution < -0.4 is 11.2 Å². The van der Waals surface area contributed by atoms with Crippen molar-refractivity contribution < 1.29 is 14.2 Å². The molecule has 114 valence electrons. The number of aliphatic hydroxyl groups excluding tert-OH is 1. The zero-order valence-corrected chi connectivity index (χ0v) is 12.9.